The van der Waals surface area contributed by atoms with Gasteiger partial charge >= 0.3 is 29.6 Å². The van der Waals surface area contributed by atoms with Crippen LogP contribution in [0.5, 0.6) is 0 Å². The van der Waals surface area contributed by atoms with Crippen LogP contribution < -0.4 is 29.6 Å². The van der Waals surface area contributed by atoms with Crippen LogP contribution in [0.15, 0.2) is 0 Å². The quantitative estimate of drug-likeness (QED) is 0.214. The smallest absolute Gasteiger partial charge is 0.726 e. The van der Waals surface area contributed by atoms with Crippen molar-refractivity contribution >= 4 is 16.2 Å². The topological polar surface area (TPSA) is 83.5 Å². The summed E-state index contributed by atoms with van der Waals surface area (Å²) in [6.07, 6.45) is 3.50. The van der Waals surface area contributed by atoms with Crippen molar-refractivity contribution in [1.82, 2.24) is 0 Å². The molecule has 0 saturated carbocycles. The van der Waals surface area contributed by atoms with E-state index in [9.17, 15) is 17.8 Å². The fourth-order valence-electron chi connectivity index (χ4n) is 0.991. The van der Waals surface area contributed by atoms with Crippen molar-refractivity contribution in [2.45, 2.75) is 39.0 Å². The Morgan fingerprint density at radius 2 is 1.73 bits per heavy atom. The summed E-state index contributed by atoms with van der Waals surface area (Å²) in [5.41, 5.74) is 0. The van der Waals surface area contributed by atoms with E-state index in [0.717, 1.165) is 19.3 Å². The van der Waals surface area contributed by atoms with Gasteiger partial charge < -0.3 is 9.35 Å². The first-order valence-corrected chi connectivity index (χ1v) is 5.85. The Bertz CT molecular complexity index is 262. The number of rotatable bonds is 8. The van der Waals surface area contributed by atoms with Crippen molar-refractivity contribution in [1.29, 1.82) is 0 Å². The predicted molar refractivity (Wildman–Crippen MR) is 49.4 cm³/mol. The molecule has 15 heavy (non-hydrogen) atoms. The van der Waals surface area contributed by atoms with Gasteiger partial charge in [0.25, 0.3) is 0 Å². The minimum absolute atomic E-state index is 0. The molecule has 7 heteroatoms. The zero-order valence-electron chi connectivity index (χ0n) is 9.19. The second-order valence-corrected chi connectivity index (χ2v) is 4.15. The van der Waals surface area contributed by atoms with Crippen LogP contribution in [0.1, 0.15) is 39.0 Å². The molecule has 0 fully saturated rings. The molecule has 0 aliphatic heterocycles. The van der Waals surface area contributed by atoms with E-state index in [4.69, 9.17) is 0 Å². The Kier molecular flexibility index (Phi) is 11.6. The summed E-state index contributed by atoms with van der Waals surface area (Å²) in [6, 6.07) is 0. The largest absolute Gasteiger partial charge is 1.00 e. The molecule has 0 heterocycles. The number of carbonyl (C=O) groups is 1. The molecular weight excluding hydrogens is 231 g/mol. The Morgan fingerprint density at radius 1 is 1.20 bits per heavy atom. The first-order valence-electron chi connectivity index (χ1n) is 4.51. The molecule has 0 N–H and O–H groups in total. The van der Waals surface area contributed by atoms with Gasteiger partial charge in [0.05, 0.1) is 6.61 Å². The van der Waals surface area contributed by atoms with Crippen LogP contribution in [0.25, 0.3) is 0 Å². The van der Waals surface area contributed by atoms with Crippen molar-refractivity contribution < 1.29 is 51.5 Å². The first-order chi connectivity index (χ1) is 6.42. The zero-order chi connectivity index (χ0) is 11.0. The number of ketones is 1. The third-order valence-corrected chi connectivity index (χ3v) is 2.11. The van der Waals surface area contributed by atoms with E-state index in [1.807, 2.05) is 0 Å². The van der Waals surface area contributed by atoms with Gasteiger partial charge in [0.2, 0.25) is 10.4 Å². The Labute approximate surface area is 113 Å². The monoisotopic (exact) mass is 246 g/mol. The molecule has 84 valence electrons. The maximum Gasteiger partial charge on any atom is 1.00 e. The van der Waals surface area contributed by atoms with Crippen LogP contribution in [-0.4, -0.2) is 25.4 Å². The van der Waals surface area contributed by atoms with Crippen LogP contribution >= 0.6 is 0 Å². The van der Waals surface area contributed by atoms with E-state index in [0.29, 0.717) is 12.8 Å². The third kappa shape index (κ3) is 17.2. The molecule has 0 rings (SSSR count). The molecule has 0 aromatic carbocycles. The summed E-state index contributed by atoms with van der Waals surface area (Å²) < 4.78 is 34.0. The molecule has 0 aliphatic rings. The molecule has 0 radical (unpaired) electrons. The Morgan fingerprint density at radius 3 is 2.20 bits per heavy atom. The zero-order valence-corrected chi connectivity index (χ0v) is 12.0. The van der Waals surface area contributed by atoms with Crippen molar-refractivity contribution in [3.05, 3.63) is 0 Å². The number of unbranched alkanes of at least 4 members (excludes halogenated alkanes) is 3. The van der Waals surface area contributed by atoms with Gasteiger partial charge in [-0.1, -0.05) is 12.8 Å². The average Bonchev–Trinajstić information content (AvgIpc) is 2.00. The van der Waals surface area contributed by atoms with Gasteiger partial charge in [-0.3, -0.25) is 4.18 Å². The van der Waals surface area contributed by atoms with Crippen LogP contribution in [0.3, 0.4) is 0 Å². The molecule has 0 atom stereocenters. The Balaban J connectivity index is 0. The number of hydrogen-bond acceptors (Lipinski definition) is 5. The van der Waals surface area contributed by atoms with Crippen LogP contribution in [0.2, 0.25) is 0 Å². The van der Waals surface area contributed by atoms with E-state index in [-0.39, 0.29) is 41.9 Å². The first kappa shape index (κ1) is 17.9. The summed E-state index contributed by atoms with van der Waals surface area (Å²) in [6.45, 7) is 1.47. The van der Waals surface area contributed by atoms with Gasteiger partial charge in [0.15, 0.2) is 0 Å². The fraction of sp³-hybridized carbons (Fsp3) is 0.875. The minimum atomic E-state index is -4.53. The van der Waals surface area contributed by atoms with E-state index >= 15 is 0 Å². The summed E-state index contributed by atoms with van der Waals surface area (Å²) in [7, 11) is -4.53. The van der Waals surface area contributed by atoms with Crippen LogP contribution in [0, 0.1) is 0 Å². The van der Waals surface area contributed by atoms with Gasteiger partial charge in [-0.15, -0.1) is 0 Å². The second kappa shape index (κ2) is 9.74. The molecule has 0 spiro atoms. The van der Waals surface area contributed by atoms with Gasteiger partial charge in [0, 0.05) is 6.42 Å². The molecule has 0 aromatic heterocycles. The van der Waals surface area contributed by atoms with Gasteiger partial charge in [-0.2, -0.15) is 0 Å². The number of carbonyl (C=O) groups excluding carboxylic acids is 1. The average molecular weight is 246 g/mol. The van der Waals surface area contributed by atoms with Gasteiger partial charge in [-0.05, 0) is 19.8 Å². The summed E-state index contributed by atoms with van der Waals surface area (Å²) in [5.74, 6) is 0.156. The van der Waals surface area contributed by atoms with Crippen molar-refractivity contribution in [2.24, 2.45) is 0 Å². The molecule has 0 aromatic rings. The molecule has 0 amide bonds. The molecule has 0 unspecified atom stereocenters. The maximum absolute atomic E-state index is 10.5. The minimum Gasteiger partial charge on any atom is -0.726 e. The summed E-state index contributed by atoms with van der Waals surface area (Å²) in [4.78, 5) is 10.5. The van der Waals surface area contributed by atoms with Crippen molar-refractivity contribution in [3.63, 3.8) is 0 Å². The standard InChI is InChI=1S/C8H16O5S.Na/c1-8(9)6-4-2-3-5-7-13-14(10,11)12;/h2-7H2,1H3,(H,10,11,12);/q;+1/p-1. The summed E-state index contributed by atoms with van der Waals surface area (Å²) >= 11 is 0. The Hall–Kier alpha value is 0.540. The van der Waals surface area contributed by atoms with Gasteiger partial charge in [-0.25, -0.2) is 8.42 Å². The van der Waals surface area contributed by atoms with E-state index in [1.165, 1.54) is 6.92 Å². The fourth-order valence-corrected chi connectivity index (χ4v) is 1.31. The maximum atomic E-state index is 10.5. The SMILES string of the molecule is CC(=O)CCCCCCOS(=O)(=O)[O-].[Na+]. The number of hydrogen-bond donors (Lipinski definition) is 0. The van der Waals surface area contributed by atoms with E-state index in [1.54, 1.807) is 0 Å². The van der Waals surface area contributed by atoms with Crippen LogP contribution in [-0.2, 0) is 19.4 Å². The molecule has 5 nitrogen and oxygen atoms in total. The van der Waals surface area contributed by atoms with E-state index < -0.39 is 10.4 Å². The molecule has 0 saturated heterocycles. The van der Waals surface area contributed by atoms with Gasteiger partial charge in [0.1, 0.15) is 5.78 Å². The second-order valence-electron chi connectivity index (χ2n) is 3.10. The van der Waals surface area contributed by atoms with Crippen molar-refractivity contribution in [3.8, 4) is 0 Å². The molecule has 0 bridgehead atoms. The number of Topliss-reactive ketones (excluding diaryl/α,β-unsaturated/α-hetero) is 1. The van der Waals surface area contributed by atoms with E-state index in [2.05, 4.69) is 4.18 Å². The van der Waals surface area contributed by atoms with Crippen molar-refractivity contribution in [2.75, 3.05) is 6.61 Å². The molecular formula is C8H15NaO5S. The van der Waals surface area contributed by atoms with Crippen LogP contribution in [0.4, 0.5) is 0 Å². The molecule has 0 aliphatic carbocycles. The third-order valence-electron chi connectivity index (χ3n) is 1.65. The summed E-state index contributed by atoms with van der Waals surface area (Å²) in [5, 5.41) is 0. The normalized spacial score (nSPS) is 10.8. The predicted octanol–water partition coefficient (Wildman–Crippen LogP) is -1.99.